The van der Waals surface area contributed by atoms with E-state index in [9.17, 15) is 14.4 Å². The van der Waals surface area contributed by atoms with Crippen LogP contribution in [0.3, 0.4) is 0 Å². The molecule has 0 spiro atoms. The van der Waals surface area contributed by atoms with Crippen molar-refractivity contribution < 1.29 is 28.6 Å². The smallest absolute Gasteiger partial charge is 0.306 e. The lowest BCUT2D eigenvalue weighted by Crippen LogP contribution is -2.30. The molecule has 0 N–H and O–H groups in total. The van der Waals surface area contributed by atoms with Gasteiger partial charge >= 0.3 is 17.9 Å². The molecule has 0 bridgehead atoms. The molecule has 6 nitrogen and oxygen atoms in total. The van der Waals surface area contributed by atoms with Crippen LogP contribution in [0.4, 0.5) is 0 Å². The molecule has 0 rings (SSSR count). The highest BCUT2D eigenvalue weighted by Crippen LogP contribution is 2.19. The van der Waals surface area contributed by atoms with E-state index in [0.29, 0.717) is 19.3 Å². The molecule has 1 atom stereocenters. The van der Waals surface area contributed by atoms with E-state index in [1.165, 1.54) is 250 Å². The summed E-state index contributed by atoms with van der Waals surface area (Å²) in [5.41, 5.74) is 0. The number of hydrogen-bond acceptors (Lipinski definition) is 6. The quantitative estimate of drug-likeness (QED) is 0.0261. The van der Waals surface area contributed by atoms with Crippen LogP contribution in [-0.4, -0.2) is 37.2 Å². The van der Waals surface area contributed by atoms with E-state index in [4.69, 9.17) is 14.2 Å². The zero-order valence-corrected chi connectivity index (χ0v) is 55.0. The minimum Gasteiger partial charge on any atom is -0.462 e. The molecule has 0 aromatic rings. The van der Waals surface area contributed by atoms with Gasteiger partial charge in [0.05, 0.1) is 0 Å². The zero-order valence-electron chi connectivity index (χ0n) is 55.0. The van der Waals surface area contributed by atoms with Gasteiger partial charge in [0, 0.05) is 19.3 Å². The maximum absolute atomic E-state index is 12.9. The van der Waals surface area contributed by atoms with Crippen LogP contribution in [0.15, 0.2) is 60.8 Å². The van der Waals surface area contributed by atoms with Gasteiger partial charge in [-0.3, -0.25) is 14.4 Å². The van der Waals surface area contributed by atoms with E-state index in [-0.39, 0.29) is 31.1 Å². The highest BCUT2D eigenvalue weighted by atomic mass is 16.6. The minimum absolute atomic E-state index is 0.0838. The van der Waals surface area contributed by atoms with Crippen LogP contribution in [-0.2, 0) is 28.6 Å². The van der Waals surface area contributed by atoms with Gasteiger partial charge in [-0.1, -0.05) is 345 Å². The van der Waals surface area contributed by atoms with Gasteiger partial charge in [0.1, 0.15) is 13.2 Å². The first kappa shape index (κ1) is 79.1. The van der Waals surface area contributed by atoms with E-state index in [1.807, 2.05) is 0 Å². The molecule has 0 heterocycles. The third-order valence-corrected chi connectivity index (χ3v) is 16.3. The molecular formula is C76H138O6. The van der Waals surface area contributed by atoms with Gasteiger partial charge < -0.3 is 14.2 Å². The molecule has 0 aliphatic rings. The Hall–Kier alpha value is -2.89. The number of esters is 3. The highest BCUT2D eigenvalue weighted by molar-refractivity contribution is 5.71. The van der Waals surface area contributed by atoms with Crippen molar-refractivity contribution in [1.29, 1.82) is 0 Å². The molecule has 82 heavy (non-hydrogen) atoms. The van der Waals surface area contributed by atoms with E-state index in [2.05, 4.69) is 81.5 Å². The lowest BCUT2D eigenvalue weighted by atomic mass is 10.0. The highest BCUT2D eigenvalue weighted by Gasteiger charge is 2.19. The Morgan fingerprint density at radius 2 is 0.476 bits per heavy atom. The van der Waals surface area contributed by atoms with Gasteiger partial charge in [-0.15, -0.1) is 0 Å². The minimum atomic E-state index is -0.791. The van der Waals surface area contributed by atoms with Gasteiger partial charge in [0.2, 0.25) is 0 Å². The molecule has 0 aliphatic heterocycles. The molecule has 6 heteroatoms. The van der Waals surface area contributed by atoms with Crippen molar-refractivity contribution in [2.45, 2.75) is 393 Å². The van der Waals surface area contributed by atoms with Gasteiger partial charge in [-0.05, 0) is 83.5 Å². The Balaban J connectivity index is 4.13. The maximum Gasteiger partial charge on any atom is 0.306 e. The fourth-order valence-electron chi connectivity index (χ4n) is 10.8. The monoisotopic (exact) mass is 1150 g/mol. The second-order valence-corrected chi connectivity index (χ2v) is 24.5. The van der Waals surface area contributed by atoms with Crippen molar-refractivity contribution in [3.05, 3.63) is 60.8 Å². The number of unbranched alkanes of at least 4 members (excludes halogenated alkanes) is 46. The number of carbonyl (C=O) groups excluding carboxylic acids is 3. The standard InChI is InChI=1S/C76H138O6/c1-4-7-10-13-16-19-22-25-27-29-31-32-33-34-35-36-37-38-39-40-41-42-43-44-45-47-48-51-54-57-60-63-66-69-75(78)81-72-73(71-80-74(77)68-65-62-59-56-53-50-24-21-18-15-12-9-6-3)82-76(79)70-67-64-61-58-55-52-49-46-30-28-26-23-20-17-14-11-8-5-2/h9,12,18,20-21,23,28,30,50,53,73H,4-8,10-11,13-17,19,22,24-27,29,31-49,51-52,54-72H2,1-3H3/b12-9-,21-18-,23-20-,30-28-,53-50-. The summed E-state index contributed by atoms with van der Waals surface area (Å²) in [7, 11) is 0. The Morgan fingerprint density at radius 1 is 0.256 bits per heavy atom. The average molecular weight is 1150 g/mol. The number of carbonyl (C=O) groups is 3. The van der Waals surface area contributed by atoms with Crippen LogP contribution in [0.1, 0.15) is 387 Å². The van der Waals surface area contributed by atoms with Crippen molar-refractivity contribution in [1.82, 2.24) is 0 Å². The fourth-order valence-corrected chi connectivity index (χ4v) is 10.8. The van der Waals surface area contributed by atoms with E-state index < -0.39 is 6.10 Å². The largest absolute Gasteiger partial charge is 0.462 e. The molecule has 0 fully saturated rings. The van der Waals surface area contributed by atoms with Crippen LogP contribution in [0.5, 0.6) is 0 Å². The van der Waals surface area contributed by atoms with E-state index >= 15 is 0 Å². The van der Waals surface area contributed by atoms with Gasteiger partial charge in [-0.2, -0.15) is 0 Å². The maximum atomic E-state index is 12.9. The van der Waals surface area contributed by atoms with Crippen LogP contribution >= 0.6 is 0 Å². The van der Waals surface area contributed by atoms with Crippen LogP contribution < -0.4 is 0 Å². The van der Waals surface area contributed by atoms with Crippen molar-refractivity contribution in [2.75, 3.05) is 13.2 Å². The zero-order chi connectivity index (χ0) is 59.2. The molecule has 0 aliphatic carbocycles. The summed E-state index contributed by atoms with van der Waals surface area (Å²) >= 11 is 0. The summed E-state index contributed by atoms with van der Waals surface area (Å²) in [6.45, 7) is 6.54. The van der Waals surface area contributed by atoms with Crippen LogP contribution in [0.2, 0.25) is 0 Å². The Bertz CT molecular complexity index is 1460. The number of ether oxygens (including phenoxy) is 3. The van der Waals surface area contributed by atoms with E-state index in [0.717, 1.165) is 96.3 Å². The first-order valence-electron chi connectivity index (χ1n) is 36.3. The molecule has 1 unspecified atom stereocenters. The second-order valence-electron chi connectivity index (χ2n) is 24.5. The third kappa shape index (κ3) is 67.9. The predicted octanol–water partition coefficient (Wildman–Crippen LogP) is 25.1. The Morgan fingerprint density at radius 3 is 0.768 bits per heavy atom. The summed E-state index contributed by atoms with van der Waals surface area (Å²) in [6.07, 6.45) is 91.4. The van der Waals surface area contributed by atoms with Crippen molar-refractivity contribution in [3.63, 3.8) is 0 Å². The van der Waals surface area contributed by atoms with Crippen LogP contribution in [0, 0.1) is 0 Å². The summed E-state index contributed by atoms with van der Waals surface area (Å²) in [5.74, 6) is -0.902. The summed E-state index contributed by atoms with van der Waals surface area (Å²) < 4.78 is 16.9. The van der Waals surface area contributed by atoms with Crippen LogP contribution in [0.25, 0.3) is 0 Å². The molecule has 0 saturated heterocycles. The van der Waals surface area contributed by atoms with Gasteiger partial charge in [0.15, 0.2) is 6.10 Å². The van der Waals surface area contributed by atoms with Crippen molar-refractivity contribution in [2.24, 2.45) is 0 Å². The normalized spacial score (nSPS) is 12.4. The summed E-state index contributed by atoms with van der Waals surface area (Å²) in [5, 5.41) is 0. The molecule has 0 aromatic heterocycles. The van der Waals surface area contributed by atoms with Gasteiger partial charge in [0.25, 0.3) is 0 Å². The Labute approximate surface area is 510 Å². The lowest BCUT2D eigenvalue weighted by Gasteiger charge is -2.18. The molecule has 0 aromatic carbocycles. The SMILES string of the molecule is CC/C=C\C/C=C\C/C=C\CCCCCC(=O)OCC(COC(=O)CCCCCCCCCCCCCCCCCCCCCCCCCCCCCCCCCCC)OC(=O)CCCCCCCCC/C=C\C/C=C\CCCCCC. The second kappa shape index (κ2) is 70.6. The average Bonchev–Trinajstić information content (AvgIpc) is 3.47. The lowest BCUT2D eigenvalue weighted by molar-refractivity contribution is -0.167. The van der Waals surface area contributed by atoms with Crippen molar-refractivity contribution >= 4 is 17.9 Å². The number of allylic oxidation sites excluding steroid dienone is 10. The third-order valence-electron chi connectivity index (χ3n) is 16.3. The number of hydrogen-bond donors (Lipinski definition) is 0. The summed E-state index contributed by atoms with van der Waals surface area (Å²) in [4.78, 5) is 38.4. The van der Waals surface area contributed by atoms with Crippen molar-refractivity contribution in [3.8, 4) is 0 Å². The molecular weight excluding hydrogens is 1010 g/mol. The topological polar surface area (TPSA) is 78.9 Å². The molecule has 478 valence electrons. The molecule has 0 saturated carbocycles. The fraction of sp³-hybridized carbons (Fsp3) is 0.829. The Kier molecular flexibility index (Phi) is 68.1. The number of rotatable bonds is 67. The van der Waals surface area contributed by atoms with Gasteiger partial charge in [-0.25, -0.2) is 0 Å². The summed E-state index contributed by atoms with van der Waals surface area (Å²) in [6, 6.07) is 0. The van der Waals surface area contributed by atoms with E-state index in [1.54, 1.807) is 0 Å². The first-order valence-corrected chi connectivity index (χ1v) is 36.3. The predicted molar refractivity (Wildman–Crippen MR) is 358 cm³/mol. The first-order chi connectivity index (χ1) is 40.5. The molecule has 0 amide bonds. The molecule has 0 radical (unpaired) electrons.